The lowest BCUT2D eigenvalue weighted by Crippen LogP contribution is -2.40. The third-order valence-electron chi connectivity index (χ3n) is 3.51. The topological polar surface area (TPSA) is 60.0 Å². The van der Waals surface area contributed by atoms with Crippen LogP contribution in [0, 0.1) is 0 Å². The van der Waals surface area contributed by atoms with E-state index in [1.54, 1.807) is 4.90 Å². The molecule has 0 aromatic carbocycles. The number of halogens is 3. The van der Waals surface area contributed by atoms with Crippen molar-refractivity contribution < 1.29 is 18.0 Å². The molecule has 0 rings (SSSR count). The predicted octanol–water partition coefficient (Wildman–Crippen LogP) is 1.68. The SMILES string of the molecule is CCNC(=NCCCN(C)CC(F)(F)F)NCCC(=O)N(CC)CC. The van der Waals surface area contributed by atoms with Crippen LogP contribution in [-0.2, 0) is 4.79 Å². The number of rotatable bonds is 11. The van der Waals surface area contributed by atoms with E-state index in [-0.39, 0.29) is 5.91 Å². The van der Waals surface area contributed by atoms with E-state index >= 15 is 0 Å². The standard InChI is InChI=1S/C16H32F3N5O/c1-5-20-15(22-11-9-14(25)24(6-2)7-3)21-10-8-12-23(4)13-16(17,18)19/h5-13H2,1-4H3,(H2,20,21,22). The number of carbonyl (C=O) groups is 1. The van der Waals surface area contributed by atoms with Crippen LogP contribution in [0.2, 0.25) is 0 Å². The van der Waals surface area contributed by atoms with Crippen molar-refractivity contribution in [1.82, 2.24) is 20.4 Å². The molecule has 6 nitrogen and oxygen atoms in total. The van der Waals surface area contributed by atoms with Gasteiger partial charge in [0.2, 0.25) is 5.91 Å². The van der Waals surface area contributed by atoms with Gasteiger partial charge in [-0.15, -0.1) is 0 Å². The molecule has 25 heavy (non-hydrogen) atoms. The fourth-order valence-corrected chi connectivity index (χ4v) is 2.28. The number of aliphatic imine (C=N–C) groups is 1. The number of hydrogen-bond donors (Lipinski definition) is 2. The van der Waals surface area contributed by atoms with Crippen LogP contribution < -0.4 is 10.6 Å². The van der Waals surface area contributed by atoms with Gasteiger partial charge in [0.05, 0.1) is 6.54 Å². The largest absolute Gasteiger partial charge is 0.401 e. The van der Waals surface area contributed by atoms with Crippen LogP contribution in [0.4, 0.5) is 13.2 Å². The summed E-state index contributed by atoms with van der Waals surface area (Å²) in [5.74, 6) is 0.662. The maximum atomic E-state index is 12.2. The Morgan fingerprint density at radius 3 is 2.28 bits per heavy atom. The van der Waals surface area contributed by atoms with Gasteiger partial charge in [-0.05, 0) is 40.8 Å². The molecule has 2 N–H and O–H groups in total. The molecule has 9 heteroatoms. The zero-order valence-electron chi connectivity index (χ0n) is 15.7. The van der Waals surface area contributed by atoms with E-state index in [4.69, 9.17) is 0 Å². The van der Waals surface area contributed by atoms with Crippen LogP contribution in [-0.4, -0.2) is 80.7 Å². The van der Waals surface area contributed by atoms with E-state index in [1.165, 1.54) is 11.9 Å². The smallest absolute Gasteiger partial charge is 0.357 e. The van der Waals surface area contributed by atoms with E-state index < -0.39 is 12.7 Å². The van der Waals surface area contributed by atoms with Crippen molar-refractivity contribution in [2.45, 2.75) is 39.8 Å². The maximum absolute atomic E-state index is 12.2. The third kappa shape index (κ3) is 12.5. The highest BCUT2D eigenvalue weighted by atomic mass is 19.4. The summed E-state index contributed by atoms with van der Waals surface area (Å²) < 4.78 is 36.7. The van der Waals surface area contributed by atoms with Crippen molar-refractivity contribution in [3.63, 3.8) is 0 Å². The van der Waals surface area contributed by atoms with E-state index in [0.717, 1.165) is 0 Å². The Kier molecular flexibility index (Phi) is 12.0. The first kappa shape index (κ1) is 23.5. The van der Waals surface area contributed by atoms with Gasteiger partial charge >= 0.3 is 6.18 Å². The Hall–Kier alpha value is -1.51. The second-order valence-corrected chi connectivity index (χ2v) is 5.71. The van der Waals surface area contributed by atoms with Crippen LogP contribution in [0.15, 0.2) is 4.99 Å². The summed E-state index contributed by atoms with van der Waals surface area (Å²) >= 11 is 0. The van der Waals surface area contributed by atoms with E-state index in [9.17, 15) is 18.0 Å². The van der Waals surface area contributed by atoms with Gasteiger partial charge in [-0.1, -0.05) is 0 Å². The van der Waals surface area contributed by atoms with Crippen molar-refractivity contribution in [2.75, 3.05) is 52.9 Å². The Morgan fingerprint density at radius 2 is 1.76 bits per heavy atom. The third-order valence-corrected chi connectivity index (χ3v) is 3.51. The lowest BCUT2D eigenvalue weighted by Gasteiger charge is -2.19. The quantitative estimate of drug-likeness (QED) is 0.331. The zero-order valence-corrected chi connectivity index (χ0v) is 15.7. The first-order valence-corrected chi connectivity index (χ1v) is 8.78. The average molecular weight is 367 g/mol. The van der Waals surface area contributed by atoms with Gasteiger partial charge in [0.1, 0.15) is 0 Å². The first-order chi connectivity index (χ1) is 11.7. The molecule has 0 unspecified atom stereocenters. The fourth-order valence-electron chi connectivity index (χ4n) is 2.28. The molecule has 0 fully saturated rings. The summed E-state index contributed by atoms with van der Waals surface area (Å²) in [6, 6.07) is 0. The predicted molar refractivity (Wildman–Crippen MR) is 94.7 cm³/mol. The summed E-state index contributed by atoms with van der Waals surface area (Å²) in [6.45, 7) is 8.15. The van der Waals surface area contributed by atoms with Gasteiger partial charge in [0, 0.05) is 39.1 Å². The number of hydrogen-bond acceptors (Lipinski definition) is 3. The molecule has 0 aliphatic carbocycles. The Bertz CT molecular complexity index is 398. The van der Waals surface area contributed by atoms with E-state index in [0.29, 0.717) is 58.1 Å². The minimum absolute atomic E-state index is 0.0853. The molecule has 1 amide bonds. The van der Waals surface area contributed by atoms with Gasteiger partial charge in [0.25, 0.3) is 0 Å². The van der Waals surface area contributed by atoms with Crippen LogP contribution in [0.5, 0.6) is 0 Å². The van der Waals surface area contributed by atoms with Crippen LogP contribution >= 0.6 is 0 Å². The summed E-state index contributed by atoms with van der Waals surface area (Å²) in [5.41, 5.74) is 0. The summed E-state index contributed by atoms with van der Waals surface area (Å²) in [4.78, 5) is 19.2. The monoisotopic (exact) mass is 367 g/mol. The minimum Gasteiger partial charge on any atom is -0.357 e. The average Bonchev–Trinajstić information content (AvgIpc) is 2.51. The van der Waals surface area contributed by atoms with Crippen LogP contribution in [0.1, 0.15) is 33.6 Å². The van der Waals surface area contributed by atoms with E-state index in [2.05, 4.69) is 15.6 Å². The number of guanidine groups is 1. The van der Waals surface area contributed by atoms with Crippen molar-refractivity contribution in [3.05, 3.63) is 0 Å². The van der Waals surface area contributed by atoms with Crippen LogP contribution in [0.3, 0.4) is 0 Å². The second-order valence-electron chi connectivity index (χ2n) is 5.71. The van der Waals surface area contributed by atoms with Crippen molar-refractivity contribution in [3.8, 4) is 0 Å². The molecule has 0 atom stereocenters. The number of nitrogens with one attached hydrogen (secondary N) is 2. The first-order valence-electron chi connectivity index (χ1n) is 8.78. The van der Waals surface area contributed by atoms with Gasteiger partial charge < -0.3 is 15.5 Å². The molecule has 0 radical (unpaired) electrons. The molecule has 0 aromatic heterocycles. The minimum atomic E-state index is -4.17. The molecule has 148 valence electrons. The summed E-state index contributed by atoms with van der Waals surface area (Å²) in [6.07, 6.45) is -3.27. The lowest BCUT2D eigenvalue weighted by molar-refractivity contribution is -0.143. The lowest BCUT2D eigenvalue weighted by atomic mass is 10.3. The highest BCUT2D eigenvalue weighted by Gasteiger charge is 2.28. The van der Waals surface area contributed by atoms with Crippen molar-refractivity contribution in [2.24, 2.45) is 4.99 Å². The highest BCUT2D eigenvalue weighted by Crippen LogP contribution is 2.15. The number of carbonyl (C=O) groups excluding carboxylic acids is 1. The zero-order chi connectivity index (χ0) is 19.3. The number of alkyl halides is 3. The number of nitrogens with zero attached hydrogens (tertiary/aromatic N) is 3. The van der Waals surface area contributed by atoms with Gasteiger partial charge in [-0.2, -0.15) is 13.2 Å². The summed E-state index contributed by atoms with van der Waals surface area (Å²) in [7, 11) is 1.44. The molecule has 0 spiro atoms. The van der Waals surface area contributed by atoms with E-state index in [1.807, 2.05) is 20.8 Å². The Morgan fingerprint density at radius 1 is 1.12 bits per heavy atom. The Labute approximate surface area is 148 Å². The summed E-state index contributed by atoms with van der Waals surface area (Å²) in [5, 5.41) is 6.14. The fraction of sp³-hybridized carbons (Fsp3) is 0.875. The van der Waals surface area contributed by atoms with Crippen molar-refractivity contribution >= 4 is 11.9 Å². The highest BCUT2D eigenvalue weighted by molar-refractivity contribution is 5.81. The molecule has 0 saturated carbocycles. The number of amides is 1. The molecule has 0 aromatic rings. The molecule has 0 heterocycles. The normalized spacial score (nSPS) is 12.4. The van der Waals surface area contributed by atoms with Gasteiger partial charge in [-0.3, -0.25) is 14.7 Å². The molecular formula is C16H32F3N5O. The van der Waals surface area contributed by atoms with Crippen molar-refractivity contribution in [1.29, 1.82) is 0 Å². The van der Waals surface area contributed by atoms with Crippen LogP contribution in [0.25, 0.3) is 0 Å². The molecule has 0 bridgehead atoms. The molecule has 0 saturated heterocycles. The molecule has 0 aliphatic rings. The second kappa shape index (κ2) is 12.8. The maximum Gasteiger partial charge on any atom is 0.401 e. The molecular weight excluding hydrogens is 335 g/mol. The molecule has 0 aliphatic heterocycles. The Balaban J connectivity index is 4.18. The van der Waals surface area contributed by atoms with Gasteiger partial charge in [-0.25, -0.2) is 0 Å². The van der Waals surface area contributed by atoms with Gasteiger partial charge in [0.15, 0.2) is 5.96 Å².